The Morgan fingerprint density at radius 1 is 1.47 bits per heavy atom. The van der Waals surface area contributed by atoms with Gasteiger partial charge >= 0.3 is 0 Å². The molecule has 1 amide bonds. The average Bonchev–Trinajstić information content (AvgIpc) is 2.22. The molecule has 1 aromatic carbocycles. The number of carbonyl (C=O) groups is 1. The van der Waals surface area contributed by atoms with Crippen LogP contribution in [-0.4, -0.2) is 11.0 Å². The first-order valence-electron chi connectivity index (χ1n) is 4.53. The largest absolute Gasteiger partial charge is 0.315 e. The molecule has 0 atom stereocenters. The lowest BCUT2D eigenvalue weighted by Gasteiger charge is -2.06. The van der Waals surface area contributed by atoms with Gasteiger partial charge in [0.05, 0.1) is 15.7 Å². The molecule has 0 bridgehead atoms. The minimum absolute atomic E-state index is 0.110. The monoisotopic (exact) mass is 263 g/mol. The van der Waals surface area contributed by atoms with Crippen LogP contribution in [-0.2, 0) is 0 Å². The lowest BCUT2D eigenvalue weighted by Crippen LogP contribution is -2.05. The predicted octanol–water partition coefficient (Wildman–Crippen LogP) is 4.67. The first kappa shape index (κ1) is 12.7. The van der Waals surface area contributed by atoms with E-state index in [0.717, 1.165) is 12.2 Å². The van der Waals surface area contributed by atoms with Gasteiger partial charge in [-0.05, 0) is 18.6 Å². The summed E-state index contributed by atoms with van der Waals surface area (Å²) < 4.78 is 0. The van der Waals surface area contributed by atoms with Gasteiger partial charge in [0.1, 0.15) is 0 Å². The van der Waals surface area contributed by atoms with E-state index in [4.69, 9.17) is 23.2 Å². The summed E-state index contributed by atoms with van der Waals surface area (Å²) in [6.45, 7) is 2.02. The van der Waals surface area contributed by atoms with E-state index in [1.165, 1.54) is 11.8 Å². The van der Waals surface area contributed by atoms with E-state index in [2.05, 4.69) is 5.32 Å². The van der Waals surface area contributed by atoms with Crippen molar-refractivity contribution in [3.63, 3.8) is 0 Å². The molecule has 0 saturated carbocycles. The summed E-state index contributed by atoms with van der Waals surface area (Å²) >= 11 is 13.0. The summed E-state index contributed by atoms with van der Waals surface area (Å²) in [7, 11) is 0. The van der Waals surface area contributed by atoms with Gasteiger partial charge < -0.3 is 5.32 Å². The van der Waals surface area contributed by atoms with E-state index in [1.54, 1.807) is 18.2 Å². The van der Waals surface area contributed by atoms with Crippen molar-refractivity contribution in [3.8, 4) is 0 Å². The van der Waals surface area contributed by atoms with Gasteiger partial charge in [-0.2, -0.15) is 0 Å². The highest BCUT2D eigenvalue weighted by Gasteiger charge is 2.07. The second-order valence-electron chi connectivity index (χ2n) is 2.86. The van der Waals surface area contributed by atoms with Crippen LogP contribution in [0.1, 0.15) is 13.3 Å². The fraction of sp³-hybridized carbons (Fsp3) is 0.300. The molecule has 0 unspecified atom stereocenters. The van der Waals surface area contributed by atoms with Crippen LogP contribution in [0.25, 0.3) is 0 Å². The third-order valence-corrected chi connectivity index (χ3v) is 3.42. The molecular formula is C10H11Cl2NOS. The highest BCUT2D eigenvalue weighted by atomic mass is 35.5. The maximum atomic E-state index is 11.4. The molecule has 1 rings (SSSR count). The second kappa shape index (κ2) is 6.26. The molecule has 0 spiro atoms. The van der Waals surface area contributed by atoms with Crippen molar-refractivity contribution in [2.75, 3.05) is 11.1 Å². The van der Waals surface area contributed by atoms with Crippen molar-refractivity contribution >= 4 is 45.9 Å². The average molecular weight is 264 g/mol. The summed E-state index contributed by atoms with van der Waals surface area (Å²) in [4.78, 5) is 11.4. The van der Waals surface area contributed by atoms with E-state index < -0.39 is 0 Å². The molecular weight excluding hydrogens is 253 g/mol. The Morgan fingerprint density at radius 2 is 2.20 bits per heavy atom. The summed E-state index contributed by atoms with van der Waals surface area (Å²) in [5.74, 6) is 0.796. The summed E-state index contributed by atoms with van der Waals surface area (Å²) in [5.41, 5.74) is 0.553. The van der Waals surface area contributed by atoms with Crippen molar-refractivity contribution in [2.24, 2.45) is 0 Å². The van der Waals surface area contributed by atoms with E-state index >= 15 is 0 Å². The minimum atomic E-state index is -0.110. The molecule has 0 aliphatic rings. The third-order valence-electron chi connectivity index (χ3n) is 1.63. The van der Waals surface area contributed by atoms with Crippen LogP contribution in [0.3, 0.4) is 0 Å². The predicted molar refractivity (Wildman–Crippen MR) is 68.2 cm³/mol. The van der Waals surface area contributed by atoms with Gasteiger partial charge in [0, 0.05) is 5.75 Å². The van der Waals surface area contributed by atoms with Crippen LogP contribution in [0.5, 0.6) is 0 Å². The Labute approximate surface area is 103 Å². The molecule has 0 aromatic heterocycles. The minimum Gasteiger partial charge on any atom is -0.315 e. The molecule has 1 N–H and O–H groups in total. The van der Waals surface area contributed by atoms with Crippen molar-refractivity contribution in [1.29, 1.82) is 0 Å². The number of carbonyl (C=O) groups excluding carboxylic acids is 1. The zero-order valence-electron chi connectivity index (χ0n) is 8.22. The van der Waals surface area contributed by atoms with Crippen molar-refractivity contribution in [3.05, 3.63) is 28.2 Å². The smallest absolute Gasteiger partial charge is 0.283 e. The van der Waals surface area contributed by atoms with E-state index in [-0.39, 0.29) is 5.24 Å². The van der Waals surface area contributed by atoms with Crippen LogP contribution in [0.15, 0.2) is 18.2 Å². The van der Waals surface area contributed by atoms with Gasteiger partial charge in [0.15, 0.2) is 0 Å². The molecule has 0 aliphatic heterocycles. The van der Waals surface area contributed by atoms with Gasteiger partial charge in [-0.25, -0.2) is 0 Å². The molecule has 0 fully saturated rings. The number of hydrogen-bond donors (Lipinski definition) is 1. The Balaban J connectivity index is 2.64. The molecule has 0 radical (unpaired) electrons. The van der Waals surface area contributed by atoms with Crippen LogP contribution in [0.2, 0.25) is 10.0 Å². The Kier molecular flexibility index (Phi) is 5.29. The number of amides is 1. The number of benzene rings is 1. The Hall–Kier alpha value is -0.380. The van der Waals surface area contributed by atoms with Crippen LogP contribution in [0, 0.1) is 0 Å². The van der Waals surface area contributed by atoms with Crippen molar-refractivity contribution in [2.45, 2.75) is 13.3 Å². The molecule has 0 heterocycles. The number of halogens is 2. The molecule has 82 valence electrons. The van der Waals surface area contributed by atoms with Gasteiger partial charge in [-0.3, -0.25) is 4.79 Å². The van der Waals surface area contributed by atoms with Gasteiger partial charge in [-0.1, -0.05) is 48.0 Å². The quantitative estimate of drug-likeness (QED) is 0.859. The number of nitrogens with one attached hydrogen (secondary N) is 1. The number of thioether (sulfide) groups is 1. The van der Waals surface area contributed by atoms with Crippen molar-refractivity contribution in [1.82, 2.24) is 0 Å². The molecule has 0 aliphatic carbocycles. The fourth-order valence-corrected chi connectivity index (χ4v) is 1.86. The molecule has 15 heavy (non-hydrogen) atoms. The highest BCUT2D eigenvalue weighted by Crippen LogP contribution is 2.30. The zero-order valence-corrected chi connectivity index (χ0v) is 10.5. The first-order valence-corrected chi connectivity index (χ1v) is 6.27. The van der Waals surface area contributed by atoms with Gasteiger partial charge in [0.25, 0.3) is 5.24 Å². The Bertz CT molecular complexity index is 357. The van der Waals surface area contributed by atoms with Crippen molar-refractivity contribution < 1.29 is 4.79 Å². The van der Waals surface area contributed by atoms with E-state index in [0.29, 0.717) is 15.7 Å². The summed E-state index contributed by atoms with van der Waals surface area (Å²) in [5, 5.41) is 3.40. The maximum Gasteiger partial charge on any atom is 0.283 e. The topological polar surface area (TPSA) is 29.1 Å². The Morgan fingerprint density at radius 3 is 2.87 bits per heavy atom. The van der Waals surface area contributed by atoms with Crippen LogP contribution >= 0.6 is 35.0 Å². The lowest BCUT2D eigenvalue weighted by atomic mass is 10.3. The van der Waals surface area contributed by atoms with Gasteiger partial charge in [0.2, 0.25) is 0 Å². The first-order chi connectivity index (χ1) is 7.15. The zero-order chi connectivity index (χ0) is 11.3. The van der Waals surface area contributed by atoms with E-state index in [1.807, 2.05) is 6.92 Å². The molecule has 1 aromatic rings. The normalized spacial score (nSPS) is 10.1. The van der Waals surface area contributed by atoms with Gasteiger partial charge in [-0.15, -0.1) is 0 Å². The number of hydrogen-bond acceptors (Lipinski definition) is 2. The molecule has 5 heteroatoms. The summed E-state index contributed by atoms with van der Waals surface area (Å²) in [6, 6.07) is 5.14. The second-order valence-corrected chi connectivity index (χ2v) is 4.72. The highest BCUT2D eigenvalue weighted by molar-refractivity contribution is 8.13. The standard InChI is InChI=1S/C10H11Cl2NOS/c1-2-6-15-10(14)13-8-5-3-4-7(11)9(8)12/h3-5H,2,6H2,1H3,(H,13,14). The lowest BCUT2D eigenvalue weighted by molar-refractivity contribution is 0.270. The van der Waals surface area contributed by atoms with E-state index in [9.17, 15) is 4.79 Å². The summed E-state index contributed by atoms with van der Waals surface area (Å²) in [6.07, 6.45) is 0.960. The van der Waals surface area contributed by atoms with Crippen LogP contribution < -0.4 is 5.32 Å². The maximum absolute atomic E-state index is 11.4. The SMILES string of the molecule is CCCSC(=O)Nc1cccc(Cl)c1Cl. The number of rotatable bonds is 3. The molecule has 2 nitrogen and oxygen atoms in total. The van der Waals surface area contributed by atoms with Crippen LogP contribution in [0.4, 0.5) is 10.5 Å². The molecule has 0 saturated heterocycles. The third kappa shape index (κ3) is 3.93. The number of anilines is 1. The fourth-order valence-electron chi connectivity index (χ4n) is 0.941.